The zero-order chi connectivity index (χ0) is 20.1. The fraction of sp³-hybridized carbons (Fsp3) is 0.263. The van der Waals surface area contributed by atoms with E-state index in [2.05, 4.69) is 10.5 Å². The second-order valence-corrected chi connectivity index (χ2v) is 8.13. The summed E-state index contributed by atoms with van der Waals surface area (Å²) >= 11 is 0. The number of sulfonamides is 1. The predicted molar refractivity (Wildman–Crippen MR) is 102 cm³/mol. The lowest BCUT2D eigenvalue weighted by Gasteiger charge is -2.26. The Balaban J connectivity index is 1.75. The predicted octanol–water partition coefficient (Wildman–Crippen LogP) is 2.00. The fourth-order valence-corrected chi connectivity index (χ4v) is 4.14. The van der Waals surface area contributed by atoms with Crippen molar-refractivity contribution in [3.8, 4) is 0 Å². The summed E-state index contributed by atoms with van der Waals surface area (Å²) in [6, 6.07) is 11.5. The first-order valence-electron chi connectivity index (χ1n) is 8.66. The van der Waals surface area contributed by atoms with E-state index in [0.29, 0.717) is 24.5 Å². The van der Waals surface area contributed by atoms with Gasteiger partial charge < -0.3 is 4.74 Å². The summed E-state index contributed by atoms with van der Waals surface area (Å²) in [6.45, 7) is 2.92. The van der Waals surface area contributed by atoms with E-state index < -0.39 is 15.9 Å². The summed E-state index contributed by atoms with van der Waals surface area (Å²) in [5.74, 6) is -0.903. The molecule has 0 saturated carbocycles. The van der Waals surface area contributed by atoms with Gasteiger partial charge in [0.15, 0.2) is 0 Å². The van der Waals surface area contributed by atoms with E-state index in [9.17, 15) is 17.6 Å². The summed E-state index contributed by atoms with van der Waals surface area (Å²) in [7, 11) is -3.69. The Morgan fingerprint density at radius 2 is 1.79 bits per heavy atom. The van der Waals surface area contributed by atoms with Crippen molar-refractivity contribution in [3.05, 3.63) is 65.5 Å². The molecule has 148 valence electrons. The van der Waals surface area contributed by atoms with Crippen LogP contribution < -0.4 is 5.43 Å². The molecule has 9 heteroatoms. The quantitative estimate of drug-likeness (QED) is 0.609. The molecule has 0 aliphatic carbocycles. The molecule has 0 unspecified atom stereocenters. The Morgan fingerprint density at radius 1 is 1.11 bits per heavy atom. The highest BCUT2D eigenvalue weighted by Gasteiger charge is 2.26. The van der Waals surface area contributed by atoms with Gasteiger partial charge in [-0.1, -0.05) is 18.2 Å². The number of benzene rings is 2. The Labute approximate surface area is 162 Å². The van der Waals surface area contributed by atoms with Crippen molar-refractivity contribution < 1.29 is 22.3 Å². The Hall–Kier alpha value is -2.62. The molecule has 1 heterocycles. The van der Waals surface area contributed by atoms with Gasteiger partial charge in [0.05, 0.1) is 23.8 Å². The van der Waals surface area contributed by atoms with Gasteiger partial charge in [-0.05, 0) is 42.8 Å². The average Bonchev–Trinajstić information content (AvgIpc) is 2.73. The maximum atomic E-state index is 13.0. The maximum absolute atomic E-state index is 13.0. The van der Waals surface area contributed by atoms with Crippen LogP contribution in [-0.2, 0) is 14.8 Å². The SMILES string of the molecule is C/C(=N/NC(=O)c1cccc(S(=O)(=O)N2CCOCC2)c1)c1ccc(F)cc1. The first-order valence-corrected chi connectivity index (χ1v) is 10.1. The molecule has 0 atom stereocenters. The smallest absolute Gasteiger partial charge is 0.271 e. The Kier molecular flexibility index (Phi) is 6.18. The highest BCUT2D eigenvalue weighted by molar-refractivity contribution is 7.89. The number of nitrogens with zero attached hydrogens (tertiary/aromatic N) is 2. The summed E-state index contributed by atoms with van der Waals surface area (Å²) in [5, 5.41) is 4.00. The van der Waals surface area contributed by atoms with Crippen LogP contribution in [0.2, 0.25) is 0 Å². The first-order chi connectivity index (χ1) is 13.4. The molecule has 1 aliphatic heterocycles. The minimum absolute atomic E-state index is 0.0429. The molecule has 0 spiro atoms. The highest BCUT2D eigenvalue weighted by Crippen LogP contribution is 2.18. The van der Waals surface area contributed by atoms with Crippen LogP contribution in [0.3, 0.4) is 0 Å². The topological polar surface area (TPSA) is 88.1 Å². The van der Waals surface area contributed by atoms with Crippen LogP contribution in [0.4, 0.5) is 4.39 Å². The number of hydrazone groups is 1. The van der Waals surface area contributed by atoms with E-state index in [0.717, 1.165) is 0 Å². The largest absolute Gasteiger partial charge is 0.379 e. The monoisotopic (exact) mass is 405 g/mol. The lowest BCUT2D eigenvalue weighted by atomic mass is 10.1. The Bertz CT molecular complexity index is 984. The molecule has 1 saturated heterocycles. The van der Waals surface area contributed by atoms with Gasteiger partial charge in [-0.3, -0.25) is 4.79 Å². The number of hydrogen-bond acceptors (Lipinski definition) is 5. The Morgan fingerprint density at radius 3 is 2.46 bits per heavy atom. The fourth-order valence-electron chi connectivity index (χ4n) is 2.69. The molecule has 0 bridgehead atoms. The zero-order valence-corrected chi connectivity index (χ0v) is 16.1. The molecule has 7 nitrogen and oxygen atoms in total. The van der Waals surface area contributed by atoms with Gasteiger partial charge in [-0.15, -0.1) is 0 Å². The van der Waals surface area contributed by atoms with Crippen molar-refractivity contribution in [1.29, 1.82) is 0 Å². The van der Waals surface area contributed by atoms with Gasteiger partial charge in [0.1, 0.15) is 5.82 Å². The van der Waals surface area contributed by atoms with E-state index in [4.69, 9.17) is 4.74 Å². The van der Waals surface area contributed by atoms with Gasteiger partial charge in [-0.2, -0.15) is 9.41 Å². The summed E-state index contributed by atoms with van der Waals surface area (Å²) in [4.78, 5) is 12.4. The number of carbonyl (C=O) groups excluding carboxylic acids is 1. The van der Waals surface area contributed by atoms with Crippen LogP contribution in [0.5, 0.6) is 0 Å². The van der Waals surface area contributed by atoms with Crippen LogP contribution in [-0.4, -0.2) is 50.6 Å². The van der Waals surface area contributed by atoms with E-state index in [1.54, 1.807) is 19.1 Å². The van der Waals surface area contributed by atoms with Gasteiger partial charge in [-0.25, -0.2) is 18.2 Å². The van der Waals surface area contributed by atoms with E-state index in [-0.39, 0.29) is 29.4 Å². The molecule has 2 aromatic rings. The normalized spacial score (nSPS) is 16.0. The molecule has 3 rings (SSSR count). The van der Waals surface area contributed by atoms with Crippen LogP contribution in [0.15, 0.2) is 58.5 Å². The van der Waals surface area contributed by atoms with Gasteiger partial charge in [0.2, 0.25) is 10.0 Å². The molecule has 0 radical (unpaired) electrons. The lowest BCUT2D eigenvalue weighted by molar-refractivity contribution is 0.0730. The van der Waals surface area contributed by atoms with Crippen molar-refractivity contribution in [2.75, 3.05) is 26.3 Å². The molecule has 1 fully saturated rings. The maximum Gasteiger partial charge on any atom is 0.271 e. The van der Waals surface area contributed by atoms with Gasteiger partial charge in [0, 0.05) is 18.7 Å². The number of hydrogen-bond donors (Lipinski definition) is 1. The van der Waals surface area contributed by atoms with Crippen molar-refractivity contribution in [2.45, 2.75) is 11.8 Å². The van der Waals surface area contributed by atoms with Crippen LogP contribution >= 0.6 is 0 Å². The van der Waals surface area contributed by atoms with Gasteiger partial charge >= 0.3 is 0 Å². The number of halogens is 1. The van der Waals surface area contributed by atoms with Gasteiger partial charge in [0.25, 0.3) is 5.91 Å². The third kappa shape index (κ3) is 4.61. The molecule has 28 heavy (non-hydrogen) atoms. The molecule has 1 N–H and O–H groups in total. The van der Waals surface area contributed by atoms with Crippen molar-refractivity contribution in [2.24, 2.45) is 5.10 Å². The molecule has 2 aromatic carbocycles. The van der Waals surface area contributed by atoms with E-state index >= 15 is 0 Å². The van der Waals surface area contributed by atoms with Crippen LogP contribution in [0.25, 0.3) is 0 Å². The molecular formula is C19H20FN3O4S. The van der Waals surface area contributed by atoms with Crippen molar-refractivity contribution >= 4 is 21.6 Å². The minimum Gasteiger partial charge on any atom is -0.379 e. The zero-order valence-electron chi connectivity index (χ0n) is 15.3. The van der Waals surface area contributed by atoms with Crippen molar-refractivity contribution in [1.82, 2.24) is 9.73 Å². The number of amides is 1. The van der Waals surface area contributed by atoms with Crippen LogP contribution in [0, 0.1) is 5.82 Å². The number of carbonyl (C=O) groups is 1. The summed E-state index contributed by atoms with van der Waals surface area (Å²) in [6.07, 6.45) is 0. The standard InChI is InChI=1S/C19H20FN3O4S/c1-14(15-5-7-17(20)8-6-15)21-22-19(24)16-3-2-4-18(13-16)28(25,26)23-9-11-27-12-10-23/h2-8,13H,9-12H2,1H3,(H,22,24)/b21-14-. The summed E-state index contributed by atoms with van der Waals surface area (Å²) < 4.78 is 44.9. The summed E-state index contributed by atoms with van der Waals surface area (Å²) in [5.41, 5.74) is 3.72. The van der Waals surface area contributed by atoms with E-state index in [1.165, 1.54) is 40.7 Å². The molecular weight excluding hydrogens is 385 g/mol. The number of morpholine rings is 1. The molecule has 0 aromatic heterocycles. The molecule has 1 amide bonds. The lowest BCUT2D eigenvalue weighted by Crippen LogP contribution is -2.40. The van der Waals surface area contributed by atoms with E-state index in [1.807, 2.05) is 0 Å². The second kappa shape index (κ2) is 8.59. The van der Waals surface area contributed by atoms with Crippen LogP contribution in [0.1, 0.15) is 22.8 Å². The highest BCUT2D eigenvalue weighted by atomic mass is 32.2. The third-order valence-electron chi connectivity index (χ3n) is 4.29. The third-order valence-corrected chi connectivity index (χ3v) is 6.19. The number of ether oxygens (including phenoxy) is 1. The second-order valence-electron chi connectivity index (χ2n) is 6.19. The minimum atomic E-state index is -3.69. The number of nitrogens with one attached hydrogen (secondary N) is 1. The molecule has 1 aliphatic rings. The first kappa shape index (κ1) is 20.1. The average molecular weight is 405 g/mol. The number of rotatable bonds is 5. The van der Waals surface area contributed by atoms with Crippen molar-refractivity contribution in [3.63, 3.8) is 0 Å².